The first-order valence-corrected chi connectivity index (χ1v) is 10.6. The fraction of sp³-hybridized carbons (Fsp3) is 0.556. The molecule has 1 aromatic carbocycles. The van der Waals surface area contributed by atoms with E-state index in [0.717, 1.165) is 0 Å². The van der Waals surface area contributed by atoms with E-state index in [0.29, 0.717) is 24.5 Å². The zero-order chi connectivity index (χ0) is 19.9. The van der Waals surface area contributed by atoms with Crippen molar-refractivity contribution in [2.24, 2.45) is 0 Å². The monoisotopic (exact) mass is 399 g/mol. The first kappa shape index (κ1) is 21.0. The number of amides is 1. The van der Waals surface area contributed by atoms with Crippen molar-refractivity contribution in [1.82, 2.24) is 4.90 Å². The molecule has 0 spiro atoms. The quantitative estimate of drug-likeness (QED) is 0.572. The van der Waals surface area contributed by atoms with Gasteiger partial charge in [0, 0.05) is 12.6 Å². The molecule has 0 bridgehead atoms. The lowest BCUT2D eigenvalue weighted by molar-refractivity contribution is -0.153. The highest BCUT2D eigenvalue weighted by molar-refractivity contribution is 7.91. The SMILES string of the molecule is CCN(C(=O)COC(=O)CCOc1ccccc1OC)C1CCS(=O)(=O)C1. The van der Waals surface area contributed by atoms with Crippen LogP contribution in [0.2, 0.25) is 0 Å². The summed E-state index contributed by atoms with van der Waals surface area (Å²) in [5, 5.41) is 0. The van der Waals surface area contributed by atoms with Crippen molar-refractivity contribution < 1.29 is 32.2 Å². The molecule has 8 nitrogen and oxygen atoms in total. The smallest absolute Gasteiger partial charge is 0.309 e. The number of hydrogen-bond acceptors (Lipinski definition) is 7. The molecule has 0 aliphatic carbocycles. The Morgan fingerprint density at radius 1 is 1.22 bits per heavy atom. The van der Waals surface area contributed by atoms with E-state index < -0.39 is 28.3 Å². The second-order valence-corrected chi connectivity index (χ2v) is 8.38. The third-order valence-corrected chi connectivity index (χ3v) is 6.05. The summed E-state index contributed by atoms with van der Waals surface area (Å²) in [4.78, 5) is 25.6. The molecule has 0 saturated carbocycles. The van der Waals surface area contributed by atoms with Crippen LogP contribution in [-0.2, 0) is 24.2 Å². The van der Waals surface area contributed by atoms with Gasteiger partial charge in [-0.2, -0.15) is 0 Å². The van der Waals surface area contributed by atoms with Crippen molar-refractivity contribution in [1.29, 1.82) is 0 Å². The number of carbonyl (C=O) groups is 2. The van der Waals surface area contributed by atoms with E-state index in [-0.39, 0.29) is 30.6 Å². The van der Waals surface area contributed by atoms with Crippen LogP contribution in [0.1, 0.15) is 19.8 Å². The van der Waals surface area contributed by atoms with Gasteiger partial charge in [-0.25, -0.2) is 8.42 Å². The number of sulfone groups is 1. The molecular weight excluding hydrogens is 374 g/mol. The van der Waals surface area contributed by atoms with Gasteiger partial charge in [0.05, 0.1) is 31.6 Å². The van der Waals surface area contributed by atoms with E-state index in [1.54, 1.807) is 31.2 Å². The van der Waals surface area contributed by atoms with E-state index >= 15 is 0 Å². The Labute approximate surface area is 159 Å². The summed E-state index contributed by atoms with van der Waals surface area (Å²) in [6, 6.07) is 6.72. The topological polar surface area (TPSA) is 99.2 Å². The fourth-order valence-corrected chi connectivity index (χ4v) is 4.67. The van der Waals surface area contributed by atoms with E-state index in [1.165, 1.54) is 12.0 Å². The maximum Gasteiger partial charge on any atom is 0.309 e. The molecule has 0 radical (unpaired) electrons. The molecule has 1 fully saturated rings. The minimum absolute atomic E-state index is 0.0186. The number of esters is 1. The lowest BCUT2D eigenvalue weighted by Gasteiger charge is -2.26. The molecule has 2 rings (SSSR count). The maximum absolute atomic E-state index is 12.3. The molecule has 1 amide bonds. The molecule has 9 heteroatoms. The van der Waals surface area contributed by atoms with Gasteiger partial charge in [-0.1, -0.05) is 12.1 Å². The molecule has 1 unspecified atom stereocenters. The highest BCUT2D eigenvalue weighted by atomic mass is 32.2. The van der Waals surface area contributed by atoms with Crippen LogP contribution in [0.25, 0.3) is 0 Å². The second kappa shape index (κ2) is 9.59. The lowest BCUT2D eigenvalue weighted by atomic mass is 10.2. The predicted molar refractivity (Wildman–Crippen MR) is 98.5 cm³/mol. The molecule has 150 valence electrons. The number of benzene rings is 1. The van der Waals surface area contributed by atoms with Gasteiger partial charge < -0.3 is 19.1 Å². The number of ether oxygens (including phenoxy) is 3. The highest BCUT2D eigenvalue weighted by Crippen LogP contribution is 2.25. The predicted octanol–water partition coefficient (Wildman–Crippen LogP) is 1.04. The Bertz CT molecular complexity index is 763. The van der Waals surface area contributed by atoms with Crippen LogP contribution in [0.4, 0.5) is 0 Å². The normalized spacial score (nSPS) is 17.9. The average Bonchev–Trinajstić information content (AvgIpc) is 3.00. The molecule has 1 aliphatic rings. The van der Waals surface area contributed by atoms with Crippen LogP contribution < -0.4 is 9.47 Å². The summed E-state index contributed by atoms with van der Waals surface area (Å²) in [6.45, 7) is 1.82. The summed E-state index contributed by atoms with van der Waals surface area (Å²) in [5.41, 5.74) is 0. The Morgan fingerprint density at radius 3 is 2.52 bits per heavy atom. The van der Waals surface area contributed by atoms with E-state index in [1.807, 2.05) is 0 Å². The van der Waals surface area contributed by atoms with Crippen LogP contribution in [0, 0.1) is 0 Å². The van der Waals surface area contributed by atoms with Crippen LogP contribution in [-0.4, -0.2) is 69.6 Å². The van der Waals surface area contributed by atoms with Crippen LogP contribution in [0.15, 0.2) is 24.3 Å². The van der Waals surface area contributed by atoms with Crippen molar-refractivity contribution >= 4 is 21.7 Å². The summed E-state index contributed by atoms with van der Waals surface area (Å²) in [5.74, 6) is 0.177. The van der Waals surface area contributed by atoms with Gasteiger partial charge in [-0.3, -0.25) is 9.59 Å². The third-order valence-electron chi connectivity index (χ3n) is 4.30. The van der Waals surface area contributed by atoms with Crippen molar-refractivity contribution in [3.05, 3.63) is 24.3 Å². The molecule has 1 saturated heterocycles. The van der Waals surface area contributed by atoms with Crippen LogP contribution in [0.3, 0.4) is 0 Å². The first-order valence-electron chi connectivity index (χ1n) is 8.77. The zero-order valence-electron chi connectivity index (χ0n) is 15.5. The summed E-state index contributed by atoms with van der Waals surface area (Å²) in [7, 11) is -1.56. The Kier molecular flexibility index (Phi) is 7.46. The third kappa shape index (κ3) is 6.13. The van der Waals surface area contributed by atoms with Gasteiger partial charge in [0.2, 0.25) is 0 Å². The number of hydrogen-bond donors (Lipinski definition) is 0. The van der Waals surface area contributed by atoms with Gasteiger partial charge in [-0.05, 0) is 25.5 Å². The summed E-state index contributed by atoms with van der Waals surface area (Å²) in [6.07, 6.45) is 0.401. The average molecular weight is 399 g/mol. The number of methoxy groups -OCH3 is 1. The summed E-state index contributed by atoms with van der Waals surface area (Å²) < 4.78 is 38.8. The van der Waals surface area contributed by atoms with E-state index in [9.17, 15) is 18.0 Å². The minimum Gasteiger partial charge on any atom is -0.493 e. The first-order chi connectivity index (χ1) is 12.9. The number of rotatable bonds is 9. The lowest BCUT2D eigenvalue weighted by Crippen LogP contribution is -2.43. The van der Waals surface area contributed by atoms with E-state index in [4.69, 9.17) is 14.2 Å². The standard InChI is InChI=1S/C18H25NO7S/c1-3-19(14-9-11-27(22,23)13-14)17(20)12-26-18(21)8-10-25-16-7-5-4-6-15(16)24-2/h4-7,14H,3,8-13H2,1-2H3. The molecule has 1 aromatic rings. The largest absolute Gasteiger partial charge is 0.493 e. The van der Waals surface area contributed by atoms with Gasteiger partial charge in [0.25, 0.3) is 5.91 Å². The molecule has 1 aliphatic heterocycles. The maximum atomic E-state index is 12.3. The zero-order valence-corrected chi connectivity index (χ0v) is 16.4. The number of nitrogens with zero attached hydrogens (tertiary/aromatic N) is 1. The van der Waals surface area contributed by atoms with Gasteiger partial charge in [-0.15, -0.1) is 0 Å². The molecule has 0 aromatic heterocycles. The number of para-hydroxylation sites is 2. The molecular formula is C18H25NO7S. The highest BCUT2D eigenvalue weighted by Gasteiger charge is 2.34. The molecule has 1 heterocycles. The number of carbonyl (C=O) groups excluding carboxylic acids is 2. The fourth-order valence-electron chi connectivity index (χ4n) is 2.94. The Morgan fingerprint density at radius 2 is 1.93 bits per heavy atom. The number of likely N-dealkylation sites (N-methyl/N-ethyl adjacent to an activating group) is 1. The molecule has 1 atom stereocenters. The van der Waals surface area contributed by atoms with Crippen molar-refractivity contribution in [3.8, 4) is 11.5 Å². The molecule has 0 N–H and O–H groups in total. The van der Waals surface area contributed by atoms with Crippen molar-refractivity contribution in [3.63, 3.8) is 0 Å². The molecule has 27 heavy (non-hydrogen) atoms. The van der Waals surface area contributed by atoms with Gasteiger partial charge in [0.1, 0.15) is 0 Å². The van der Waals surface area contributed by atoms with E-state index in [2.05, 4.69) is 0 Å². The van der Waals surface area contributed by atoms with Gasteiger partial charge >= 0.3 is 5.97 Å². The minimum atomic E-state index is -3.09. The second-order valence-electron chi connectivity index (χ2n) is 6.15. The van der Waals surface area contributed by atoms with Gasteiger partial charge in [0.15, 0.2) is 27.9 Å². The van der Waals surface area contributed by atoms with Crippen LogP contribution in [0.5, 0.6) is 11.5 Å². The Balaban J connectivity index is 1.75. The Hall–Kier alpha value is -2.29. The summed E-state index contributed by atoms with van der Waals surface area (Å²) >= 11 is 0. The van der Waals surface area contributed by atoms with Crippen LogP contribution >= 0.6 is 0 Å². The van der Waals surface area contributed by atoms with Crippen molar-refractivity contribution in [2.75, 3.05) is 38.4 Å². The van der Waals surface area contributed by atoms with Crippen molar-refractivity contribution in [2.45, 2.75) is 25.8 Å².